The lowest BCUT2D eigenvalue weighted by atomic mass is 10.6. The average molecular weight is 170 g/mol. The maximum absolute atomic E-state index is 4.37. The van der Waals surface area contributed by atoms with Crippen molar-refractivity contribution in [3.63, 3.8) is 0 Å². The molecule has 0 saturated heterocycles. The van der Waals surface area contributed by atoms with Crippen molar-refractivity contribution >= 4 is 11.8 Å². The fraction of sp³-hybridized carbons (Fsp3) is 0.625. The van der Waals surface area contributed by atoms with Gasteiger partial charge >= 0.3 is 0 Å². The molecule has 0 aromatic carbocycles. The Morgan fingerprint density at radius 2 is 2.36 bits per heavy atom. The zero-order valence-electron chi connectivity index (χ0n) is 7.29. The smallest absolute Gasteiger partial charge is 0.114 e. The van der Waals surface area contributed by atoms with E-state index in [1.807, 2.05) is 25.7 Å². The molecule has 0 unspecified atom stereocenters. The van der Waals surface area contributed by atoms with Gasteiger partial charge in [0.2, 0.25) is 0 Å². The van der Waals surface area contributed by atoms with Gasteiger partial charge in [-0.25, -0.2) is 4.98 Å². The number of rotatable bonds is 3. The highest BCUT2D eigenvalue weighted by Gasteiger charge is 1.99. The van der Waals surface area contributed by atoms with Crippen molar-refractivity contribution in [3.8, 4) is 0 Å². The van der Waals surface area contributed by atoms with Gasteiger partial charge in [0.15, 0.2) is 0 Å². The van der Waals surface area contributed by atoms with E-state index in [-0.39, 0.29) is 0 Å². The zero-order valence-corrected chi connectivity index (χ0v) is 8.11. The Balaban J connectivity index is 2.58. The van der Waals surface area contributed by atoms with Gasteiger partial charge in [-0.15, -0.1) is 11.8 Å². The number of hydrogen-bond donors (Lipinski definition) is 0. The van der Waals surface area contributed by atoms with Crippen molar-refractivity contribution in [3.05, 3.63) is 12.0 Å². The molecule has 0 amide bonds. The molecule has 0 fully saturated rings. The van der Waals surface area contributed by atoms with Gasteiger partial charge in [0.1, 0.15) is 10.9 Å². The predicted molar refractivity (Wildman–Crippen MR) is 49.0 cm³/mol. The van der Waals surface area contributed by atoms with Gasteiger partial charge in [-0.2, -0.15) is 0 Å². The largest absolute Gasteiger partial charge is 0.337 e. The van der Waals surface area contributed by atoms with Gasteiger partial charge in [0.25, 0.3) is 0 Å². The van der Waals surface area contributed by atoms with Gasteiger partial charge in [0, 0.05) is 13.2 Å². The summed E-state index contributed by atoms with van der Waals surface area (Å²) < 4.78 is 2.05. The SMILES string of the molecule is CCCSc1cn(C)c(C)n1. The van der Waals surface area contributed by atoms with E-state index in [1.54, 1.807) is 0 Å². The summed E-state index contributed by atoms with van der Waals surface area (Å²) in [7, 11) is 2.03. The van der Waals surface area contributed by atoms with Crippen LogP contribution in [0.5, 0.6) is 0 Å². The normalized spacial score (nSPS) is 10.5. The third-order valence-electron chi connectivity index (χ3n) is 1.54. The van der Waals surface area contributed by atoms with Gasteiger partial charge in [-0.05, 0) is 19.1 Å². The molecule has 11 heavy (non-hydrogen) atoms. The van der Waals surface area contributed by atoms with Crippen molar-refractivity contribution in [1.29, 1.82) is 0 Å². The minimum Gasteiger partial charge on any atom is -0.337 e. The summed E-state index contributed by atoms with van der Waals surface area (Å²) in [6.45, 7) is 4.21. The minimum absolute atomic E-state index is 1.09. The summed E-state index contributed by atoms with van der Waals surface area (Å²) in [6.07, 6.45) is 3.29. The lowest BCUT2D eigenvalue weighted by Gasteiger charge is -1.90. The first-order valence-corrected chi connectivity index (χ1v) is 4.85. The third kappa shape index (κ3) is 2.26. The average Bonchev–Trinajstić information content (AvgIpc) is 2.28. The second kappa shape index (κ2) is 3.81. The molecule has 0 saturated carbocycles. The highest BCUT2D eigenvalue weighted by molar-refractivity contribution is 7.99. The Hall–Kier alpha value is -0.440. The van der Waals surface area contributed by atoms with Crippen LogP contribution in [0.2, 0.25) is 0 Å². The van der Waals surface area contributed by atoms with Crippen LogP contribution in [0.25, 0.3) is 0 Å². The van der Waals surface area contributed by atoms with E-state index >= 15 is 0 Å². The summed E-state index contributed by atoms with van der Waals surface area (Å²) in [5.74, 6) is 2.25. The standard InChI is InChI=1S/C8H14N2S/c1-4-5-11-8-6-10(3)7(2)9-8/h6H,4-5H2,1-3H3. The third-order valence-corrected chi connectivity index (χ3v) is 2.65. The van der Waals surface area contributed by atoms with Gasteiger partial charge in [-0.1, -0.05) is 6.92 Å². The summed E-state index contributed by atoms with van der Waals surface area (Å²) in [5, 5.41) is 1.15. The Morgan fingerprint density at radius 3 is 2.82 bits per heavy atom. The number of nitrogens with zero attached hydrogens (tertiary/aromatic N) is 2. The highest BCUT2D eigenvalue weighted by Crippen LogP contribution is 2.16. The lowest BCUT2D eigenvalue weighted by Crippen LogP contribution is -1.86. The number of imidazole rings is 1. The molecule has 1 aromatic rings. The first kappa shape index (κ1) is 8.65. The Kier molecular flexibility index (Phi) is 3.00. The van der Waals surface area contributed by atoms with Crippen molar-refractivity contribution in [2.24, 2.45) is 7.05 Å². The van der Waals surface area contributed by atoms with Crippen LogP contribution in [0.4, 0.5) is 0 Å². The van der Waals surface area contributed by atoms with E-state index in [2.05, 4.69) is 22.7 Å². The minimum atomic E-state index is 1.09. The van der Waals surface area contributed by atoms with Crippen molar-refractivity contribution in [2.45, 2.75) is 25.3 Å². The van der Waals surface area contributed by atoms with E-state index in [0.29, 0.717) is 0 Å². The number of thioether (sulfide) groups is 1. The molecule has 0 aliphatic heterocycles. The molecule has 0 atom stereocenters. The molecule has 0 aliphatic rings. The van der Waals surface area contributed by atoms with Crippen LogP contribution in [0.3, 0.4) is 0 Å². The summed E-state index contributed by atoms with van der Waals surface area (Å²) in [4.78, 5) is 4.37. The molecule has 0 aliphatic carbocycles. The summed E-state index contributed by atoms with van der Waals surface area (Å²) in [6, 6.07) is 0. The molecule has 0 bridgehead atoms. The first-order chi connectivity index (χ1) is 5.24. The van der Waals surface area contributed by atoms with E-state index in [1.165, 1.54) is 6.42 Å². The maximum Gasteiger partial charge on any atom is 0.114 e. The molecule has 0 N–H and O–H groups in total. The zero-order chi connectivity index (χ0) is 8.27. The van der Waals surface area contributed by atoms with Crippen molar-refractivity contribution < 1.29 is 0 Å². The van der Waals surface area contributed by atoms with Crippen LogP contribution in [-0.2, 0) is 7.05 Å². The van der Waals surface area contributed by atoms with Gasteiger partial charge in [0.05, 0.1) is 0 Å². The molecular weight excluding hydrogens is 156 g/mol. The first-order valence-electron chi connectivity index (χ1n) is 3.86. The van der Waals surface area contributed by atoms with E-state index in [4.69, 9.17) is 0 Å². The Morgan fingerprint density at radius 1 is 1.64 bits per heavy atom. The molecule has 1 rings (SSSR count). The number of aromatic nitrogens is 2. The quantitative estimate of drug-likeness (QED) is 0.647. The van der Waals surface area contributed by atoms with Crippen molar-refractivity contribution in [1.82, 2.24) is 9.55 Å². The van der Waals surface area contributed by atoms with Gasteiger partial charge < -0.3 is 4.57 Å². The van der Waals surface area contributed by atoms with E-state index in [9.17, 15) is 0 Å². The maximum atomic E-state index is 4.37. The van der Waals surface area contributed by atoms with Gasteiger partial charge in [-0.3, -0.25) is 0 Å². The lowest BCUT2D eigenvalue weighted by molar-refractivity contribution is 0.858. The van der Waals surface area contributed by atoms with E-state index in [0.717, 1.165) is 16.6 Å². The molecule has 1 heterocycles. The topological polar surface area (TPSA) is 17.8 Å². The molecule has 1 aromatic heterocycles. The number of aryl methyl sites for hydroxylation is 2. The van der Waals surface area contributed by atoms with Crippen LogP contribution < -0.4 is 0 Å². The molecule has 0 radical (unpaired) electrons. The van der Waals surface area contributed by atoms with E-state index < -0.39 is 0 Å². The second-order valence-corrected chi connectivity index (χ2v) is 3.70. The van der Waals surface area contributed by atoms with Crippen LogP contribution >= 0.6 is 11.8 Å². The van der Waals surface area contributed by atoms with Crippen LogP contribution in [0.1, 0.15) is 19.2 Å². The van der Waals surface area contributed by atoms with Crippen LogP contribution in [0, 0.1) is 6.92 Å². The van der Waals surface area contributed by atoms with Crippen LogP contribution in [-0.4, -0.2) is 15.3 Å². The summed E-state index contributed by atoms with van der Waals surface area (Å²) in [5.41, 5.74) is 0. The monoisotopic (exact) mass is 170 g/mol. The predicted octanol–water partition coefficient (Wildman–Crippen LogP) is 2.23. The molecule has 0 spiro atoms. The fourth-order valence-corrected chi connectivity index (χ4v) is 1.65. The van der Waals surface area contributed by atoms with Crippen molar-refractivity contribution in [2.75, 3.05) is 5.75 Å². The summed E-state index contributed by atoms with van der Waals surface area (Å²) >= 11 is 1.82. The fourth-order valence-electron chi connectivity index (χ4n) is 0.802. The Bertz CT molecular complexity index is 210. The molecule has 62 valence electrons. The molecule has 3 heteroatoms. The van der Waals surface area contributed by atoms with Crippen LogP contribution in [0.15, 0.2) is 11.2 Å². The second-order valence-electron chi connectivity index (χ2n) is 2.59. The Labute approximate surface area is 72.0 Å². The molecular formula is C8H14N2S. The number of hydrogen-bond acceptors (Lipinski definition) is 2. The molecule has 2 nitrogen and oxygen atoms in total. The highest BCUT2D eigenvalue weighted by atomic mass is 32.2.